The van der Waals surface area contributed by atoms with E-state index in [1.165, 1.54) is 0 Å². The monoisotopic (exact) mass is 409 g/mol. The lowest BCUT2D eigenvalue weighted by Gasteiger charge is -2.22. The molecular weight excluding hydrogens is 386 g/mol. The number of methoxy groups -OCH3 is 1. The zero-order valence-electron chi connectivity index (χ0n) is 15.9. The number of thioether (sulfide) groups is 2. The second-order valence-electron chi connectivity index (χ2n) is 6.15. The van der Waals surface area contributed by atoms with Crippen LogP contribution in [0.25, 0.3) is 0 Å². The molecule has 0 fully saturated rings. The Balaban J connectivity index is 1.72. The minimum Gasteiger partial charge on any atom is -0.497 e. The molecule has 0 saturated carbocycles. The number of carbonyl (C=O) groups is 1. The molecule has 1 amide bonds. The lowest BCUT2D eigenvalue weighted by atomic mass is 10.2. The van der Waals surface area contributed by atoms with Gasteiger partial charge < -0.3 is 9.64 Å². The normalized spacial score (nSPS) is 10.7. The van der Waals surface area contributed by atoms with Crippen LogP contribution in [0.3, 0.4) is 0 Å². The summed E-state index contributed by atoms with van der Waals surface area (Å²) >= 11 is 3.45. The number of carbonyl (C=O) groups excluding carboxylic acids is 1. The van der Waals surface area contributed by atoms with Crippen molar-refractivity contribution in [3.8, 4) is 5.75 Å². The van der Waals surface area contributed by atoms with Crippen molar-refractivity contribution in [2.24, 2.45) is 0 Å². The van der Waals surface area contributed by atoms with Crippen LogP contribution in [0.1, 0.15) is 6.42 Å². The van der Waals surface area contributed by atoms with Crippen molar-refractivity contribution in [1.82, 2.24) is 0 Å². The fourth-order valence-corrected chi connectivity index (χ4v) is 5.19. The minimum atomic E-state index is 0.0815. The molecule has 0 aliphatic rings. The number of benzene rings is 3. The van der Waals surface area contributed by atoms with Gasteiger partial charge in [0, 0.05) is 28.9 Å². The molecule has 5 heteroatoms. The Morgan fingerprint density at radius 3 is 1.82 bits per heavy atom. The minimum absolute atomic E-state index is 0.0815. The molecule has 3 nitrogen and oxygen atoms in total. The van der Waals surface area contributed by atoms with Crippen LogP contribution in [0.15, 0.2) is 94.7 Å². The lowest BCUT2D eigenvalue weighted by Crippen LogP contribution is -2.28. The largest absolute Gasteiger partial charge is 0.497 e. The molecule has 28 heavy (non-hydrogen) atoms. The van der Waals surface area contributed by atoms with Crippen LogP contribution in [-0.4, -0.2) is 24.6 Å². The van der Waals surface area contributed by atoms with Crippen molar-refractivity contribution in [3.05, 3.63) is 84.9 Å². The smallest absolute Gasteiger partial charge is 0.228 e. The molecule has 3 rings (SSSR count). The maximum absolute atomic E-state index is 13.0. The summed E-state index contributed by atoms with van der Waals surface area (Å²) in [5, 5.41) is 0. The predicted octanol–water partition coefficient (Wildman–Crippen LogP) is 5.96. The van der Waals surface area contributed by atoms with Crippen molar-refractivity contribution < 1.29 is 9.53 Å². The summed E-state index contributed by atoms with van der Waals surface area (Å²) in [6.45, 7) is 0. The summed E-state index contributed by atoms with van der Waals surface area (Å²) in [6, 6.07) is 28.0. The van der Waals surface area contributed by atoms with E-state index >= 15 is 0 Å². The summed E-state index contributed by atoms with van der Waals surface area (Å²) in [6.07, 6.45) is 0.432. The third-order valence-electron chi connectivity index (χ3n) is 4.20. The molecule has 0 spiro atoms. The molecule has 0 bridgehead atoms. The molecule has 0 aliphatic heterocycles. The Labute approximate surface area is 175 Å². The number of anilines is 1. The van der Waals surface area contributed by atoms with Gasteiger partial charge in [0.2, 0.25) is 5.91 Å². The zero-order valence-corrected chi connectivity index (χ0v) is 17.6. The molecule has 0 aliphatic carbocycles. The van der Waals surface area contributed by atoms with E-state index in [-0.39, 0.29) is 10.5 Å². The Morgan fingerprint density at radius 2 is 1.36 bits per heavy atom. The first-order valence-corrected chi connectivity index (χ1v) is 10.8. The van der Waals surface area contributed by atoms with E-state index in [0.717, 1.165) is 21.2 Å². The van der Waals surface area contributed by atoms with Gasteiger partial charge in [-0.2, -0.15) is 0 Å². The highest BCUT2D eigenvalue weighted by atomic mass is 32.2. The highest BCUT2D eigenvalue weighted by Gasteiger charge is 2.20. The van der Waals surface area contributed by atoms with Gasteiger partial charge in [-0.1, -0.05) is 36.4 Å². The van der Waals surface area contributed by atoms with E-state index in [2.05, 4.69) is 24.3 Å². The summed E-state index contributed by atoms with van der Waals surface area (Å²) < 4.78 is 5.28. The maximum Gasteiger partial charge on any atom is 0.228 e. The van der Waals surface area contributed by atoms with Gasteiger partial charge in [0.05, 0.1) is 11.7 Å². The molecule has 0 saturated heterocycles. The molecule has 0 radical (unpaired) electrons. The quantitative estimate of drug-likeness (QED) is 0.339. The third kappa shape index (κ3) is 5.81. The van der Waals surface area contributed by atoms with Crippen LogP contribution in [-0.2, 0) is 4.79 Å². The van der Waals surface area contributed by atoms with E-state index < -0.39 is 0 Å². The first-order chi connectivity index (χ1) is 13.7. The molecule has 0 aromatic heterocycles. The molecule has 0 unspecified atom stereocenters. The lowest BCUT2D eigenvalue weighted by molar-refractivity contribution is -0.118. The van der Waals surface area contributed by atoms with E-state index in [0.29, 0.717) is 6.42 Å². The Hall–Kier alpha value is -2.37. The first-order valence-electron chi connectivity index (χ1n) is 9.00. The zero-order chi connectivity index (χ0) is 19.8. The fourth-order valence-electron chi connectivity index (χ4n) is 2.64. The van der Waals surface area contributed by atoms with Gasteiger partial charge in [0.15, 0.2) is 0 Å². The average Bonchev–Trinajstić information content (AvgIpc) is 2.74. The molecule has 0 atom stereocenters. The van der Waals surface area contributed by atoms with Gasteiger partial charge in [-0.25, -0.2) is 0 Å². The van der Waals surface area contributed by atoms with E-state index in [4.69, 9.17) is 4.74 Å². The molecule has 0 heterocycles. The summed E-state index contributed by atoms with van der Waals surface area (Å²) in [4.78, 5) is 17.0. The van der Waals surface area contributed by atoms with Crippen LogP contribution in [0.2, 0.25) is 0 Å². The van der Waals surface area contributed by atoms with E-state index in [9.17, 15) is 4.79 Å². The van der Waals surface area contributed by atoms with Gasteiger partial charge in [-0.3, -0.25) is 4.79 Å². The van der Waals surface area contributed by atoms with E-state index in [1.54, 1.807) is 35.5 Å². The predicted molar refractivity (Wildman–Crippen MR) is 119 cm³/mol. The summed E-state index contributed by atoms with van der Waals surface area (Å²) in [7, 11) is 3.46. The van der Waals surface area contributed by atoms with Crippen LogP contribution >= 0.6 is 23.5 Å². The SMILES string of the molecule is COc1ccc(N(C)C(=O)CC(Sc2ccccc2)Sc2ccccc2)cc1. The number of hydrogen-bond acceptors (Lipinski definition) is 4. The number of hydrogen-bond donors (Lipinski definition) is 0. The van der Waals surface area contributed by atoms with Crippen LogP contribution in [0, 0.1) is 0 Å². The summed E-state index contributed by atoms with van der Waals surface area (Å²) in [5.41, 5.74) is 0.860. The van der Waals surface area contributed by atoms with Gasteiger partial charge in [0.1, 0.15) is 5.75 Å². The molecule has 3 aromatic carbocycles. The average molecular weight is 410 g/mol. The second-order valence-corrected chi connectivity index (χ2v) is 9.00. The number of ether oxygens (including phenoxy) is 1. The van der Waals surface area contributed by atoms with Gasteiger partial charge in [0.25, 0.3) is 0 Å². The number of amides is 1. The van der Waals surface area contributed by atoms with Crippen LogP contribution < -0.4 is 9.64 Å². The number of nitrogens with zero attached hydrogens (tertiary/aromatic N) is 1. The number of rotatable bonds is 8. The highest BCUT2D eigenvalue weighted by molar-refractivity contribution is 8.17. The molecule has 0 N–H and O–H groups in total. The van der Waals surface area contributed by atoms with Crippen molar-refractivity contribution >= 4 is 35.1 Å². The standard InChI is InChI=1S/C23H23NO2S2/c1-24(18-13-15-19(26-2)16-14-18)22(25)17-23(27-20-9-5-3-6-10-20)28-21-11-7-4-8-12-21/h3-16,23H,17H2,1-2H3. The van der Waals surface area contributed by atoms with Gasteiger partial charge in [-0.05, 0) is 48.5 Å². The molecular formula is C23H23NO2S2. The van der Waals surface area contributed by atoms with E-state index in [1.807, 2.05) is 67.7 Å². The highest BCUT2D eigenvalue weighted by Crippen LogP contribution is 2.38. The maximum atomic E-state index is 13.0. The van der Waals surface area contributed by atoms with Crippen LogP contribution in [0.4, 0.5) is 5.69 Å². The first kappa shape index (κ1) is 20.4. The summed E-state index contributed by atoms with van der Waals surface area (Å²) in [5.74, 6) is 0.865. The fraction of sp³-hybridized carbons (Fsp3) is 0.174. The third-order valence-corrected chi connectivity index (χ3v) is 6.72. The van der Waals surface area contributed by atoms with Gasteiger partial charge >= 0.3 is 0 Å². The van der Waals surface area contributed by atoms with Crippen molar-refractivity contribution in [3.63, 3.8) is 0 Å². The van der Waals surface area contributed by atoms with Crippen molar-refractivity contribution in [2.45, 2.75) is 20.8 Å². The molecule has 3 aromatic rings. The van der Waals surface area contributed by atoms with Crippen molar-refractivity contribution in [2.75, 3.05) is 19.1 Å². The Morgan fingerprint density at radius 1 is 0.857 bits per heavy atom. The van der Waals surface area contributed by atoms with Gasteiger partial charge in [-0.15, -0.1) is 23.5 Å². The van der Waals surface area contributed by atoms with Crippen LogP contribution in [0.5, 0.6) is 5.75 Å². The van der Waals surface area contributed by atoms with Crippen molar-refractivity contribution in [1.29, 1.82) is 0 Å². The second kappa shape index (κ2) is 10.2. The Kier molecular flexibility index (Phi) is 7.46. The molecule has 144 valence electrons. The Bertz CT molecular complexity index is 829. The topological polar surface area (TPSA) is 29.5 Å².